The summed E-state index contributed by atoms with van der Waals surface area (Å²) in [7, 11) is -3.62. The van der Waals surface area contributed by atoms with Gasteiger partial charge in [-0.2, -0.15) is 0 Å². The van der Waals surface area contributed by atoms with E-state index in [2.05, 4.69) is 15.5 Å². The second kappa shape index (κ2) is 7.08. The summed E-state index contributed by atoms with van der Waals surface area (Å²) in [6.07, 6.45) is 0.961. The fourth-order valence-corrected chi connectivity index (χ4v) is 2.60. The highest BCUT2D eigenvalue weighted by Crippen LogP contribution is 2.25. The molecule has 0 bridgehead atoms. The van der Waals surface area contributed by atoms with Crippen LogP contribution in [0.1, 0.15) is 36.1 Å². The van der Waals surface area contributed by atoms with Gasteiger partial charge in [0, 0.05) is 11.8 Å². The van der Waals surface area contributed by atoms with Crippen molar-refractivity contribution in [1.82, 2.24) is 15.5 Å². The summed E-state index contributed by atoms with van der Waals surface area (Å²) < 4.78 is 28.1. The fourth-order valence-electron chi connectivity index (χ4n) is 1.87. The zero-order chi connectivity index (χ0) is 18.1. The molecule has 2 rings (SSSR count). The molecule has 0 radical (unpaired) electrons. The van der Waals surface area contributed by atoms with Gasteiger partial charge in [0.05, 0.1) is 10.0 Å². The van der Waals surface area contributed by atoms with Crippen LogP contribution < -0.4 is 5.32 Å². The van der Waals surface area contributed by atoms with E-state index in [1.54, 1.807) is 0 Å². The van der Waals surface area contributed by atoms with Crippen molar-refractivity contribution in [3.8, 4) is 0 Å². The molecule has 0 aliphatic carbocycles. The van der Waals surface area contributed by atoms with Gasteiger partial charge in [-0.25, -0.2) is 8.42 Å². The average molecular weight is 392 g/mol. The van der Waals surface area contributed by atoms with Gasteiger partial charge in [0.1, 0.15) is 6.04 Å². The molecule has 24 heavy (non-hydrogen) atoms. The van der Waals surface area contributed by atoms with Gasteiger partial charge >= 0.3 is 5.22 Å². The topological polar surface area (TPSA) is 102 Å². The molecule has 0 spiro atoms. The molecule has 0 aliphatic rings. The minimum atomic E-state index is -3.62. The maximum absolute atomic E-state index is 12.4. The minimum absolute atomic E-state index is 0.0128. The molecule has 1 aromatic heterocycles. The Balaban J connectivity index is 2.27. The van der Waals surface area contributed by atoms with Crippen LogP contribution in [0.4, 0.5) is 0 Å². The molecule has 2 aromatic rings. The van der Waals surface area contributed by atoms with E-state index < -0.39 is 27.0 Å². The summed E-state index contributed by atoms with van der Waals surface area (Å²) in [5, 5.41) is 10.1. The molecule has 0 saturated heterocycles. The van der Waals surface area contributed by atoms with Crippen molar-refractivity contribution in [1.29, 1.82) is 0 Å². The maximum atomic E-state index is 12.4. The summed E-state index contributed by atoms with van der Waals surface area (Å²) in [5.41, 5.74) is 0.304. The number of carbonyl (C=O) groups excluding carboxylic acids is 1. The predicted molar refractivity (Wildman–Crippen MR) is 88.9 cm³/mol. The molecule has 1 heterocycles. The van der Waals surface area contributed by atoms with Crippen molar-refractivity contribution in [3.63, 3.8) is 0 Å². The Morgan fingerprint density at radius 1 is 1.21 bits per heavy atom. The molecule has 0 aliphatic heterocycles. The number of nitrogens with one attached hydrogen (secondary N) is 1. The van der Waals surface area contributed by atoms with E-state index in [0.717, 1.165) is 6.26 Å². The van der Waals surface area contributed by atoms with Crippen molar-refractivity contribution < 1.29 is 17.6 Å². The molecule has 1 aromatic carbocycles. The van der Waals surface area contributed by atoms with E-state index in [4.69, 9.17) is 27.6 Å². The van der Waals surface area contributed by atoms with Crippen molar-refractivity contribution in [2.24, 2.45) is 5.92 Å². The molecular weight excluding hydrogens is 377 g/mol. The van der Waals surface area contributed by atoms with Crippen LogP contribution in [0.15, 0.2) is 27.8 Å². The summed E-state index contributed by atoms with van der Waals surface area (Å²) in [6, 6.07) is 3.82. The largest absolute Gasteiger partial charge is 0.410 e. The van der Waals surface area contributed by atoms with Crippen molar-refractivity contribution in [3.05, 3.63) is 39.7 Å². The molecule has 1 atom stereocenters. The van der Waals surface area contributed by atoms with Gasteiger partial charge in [-0.05, 0) is 24.1 Å². The number of hydrogen-bond acceptors (Lipinski definition) is 6. The molecule has 7 nitrogen and oxygen atoms in total. The van der Waals surface area contributed by atoms with Crippen LogP contribution in [0.2, 0.25) is 10.0 Å². The summed E-state index contributed by atoms with van der Waals surface area (Å²) >= 11 is 11.7. The van der Waals surface area contributed by atoms with Crippen molar-refractivity contribution in [2.45, 2.75) is 25.1 Å². The van der Waals surface area contributed by atoms with E-state index >= 15 is 0 Å². The maximum Gasteiger partial charge on any atom is 0.335 e. The van der Waals surface area contributed by atoms with Gasteiger partial charge in [-0.1, -0.05) is 42.1 Å². The Bertz CT molecular complexity index is 865. The number of carbonyl (C=O) groups is 1. The lowest BCUT2D eigenvalue weighted by atomic mass is 10.0. The second-order valence-corrected chi connectivity index (χ2v) is 8.21. The molecule has 0 fully saturated rings. The third-order valence-electron chi connectivity index (χ3n) is 3.14. The number of nitrogens with zero attached hydrogens (tertiary/aromatic N) is 2. The standard InChI is InChI=1S/C14H15Cl2N3O4S/c1-7(2)11(13-18-19-14(23-13)24(3,21)22)17-12(20)8-4-5-9(15)10(16)6-8/h4-7,11H,1-3H3,(H,17,20)/t11-/m0/s1. The van der Waals surface area contributed by atoms with Gasteiger partial charge < -0.3 is 9.73 Å². The van der Waals surface area contributed by atoms with Crippen LogP contribution >= 0.6 is 23.2 Å². The first-order valence-electron chi connectivity index (χ1n) is 6.89. The highest BCUT2D eigenvalue weighted by Gasteiger charge is 2.27. The average Bonchev–Trinajstić information content (AvgIpc) is 2.96. The third-order valence-corrected chi connectivity index (χ3v) is 4.68. The Labute approximate surface area is 149 Å². The van der Waals surface area contributed by atoms with Gasteiger partial charge in [-0.15, -0.1) is 5.10 Å². The van der Waals surface area contributed by atoms with Crippen molar-refractivity contribution in [2.75, 3.05) is 6.26 Å². The molecule has 0 saturated carbocycles. The molecule has 1 amide bonds. The van der Waals surface area contributed by atoms with Gasteiger partial charge in [-0.3, -0.25) is 4.79 Å². The summed E-state index contributed by atoms with van der Waals surface area (Å²) in [6.45, 7) is 3.65. The van der Waals surface area contributed by atoms with Crippen LogP contribution in [0.3, 0.4) is 0 Å². The lowest BCUT2D eigenvalue weighted by Crippen LogP contribution is -2.32. The van der Waals surface area contributed by atoms with Gasteiger partial charge in [0.2, 0.25) is 15.7 Å². The van der Waals surface area contributed by atoms with Gasteiger partial charge in [0.15, 0.2) is 0 Å². The number of benzene rings is 1. The number of halogens is 2. The number of rotatable bonds is 5. The first kappa shape index (κ1) is 18.7. The van der Waals surface area contributed by atoms with E-state index in [1.165, 1.54) is 18.2 Å². The lowest BCUT2D eigenvalue weighted by molar-refractivity contribution is 0.0915. The number of aromatic nitrogens is 2. The Morgan fingerprint density at radius 3 is 2.38 bits per heavy atom. The first-order valence-corrected chi connectivity index (χ1v) is 9.53. The number of hydrogen-bond donors (Lipinski definition) is 1. The number of sulfone groups is 1. The molecule has 0 unspecified atom stereocenters. The van der Waals surface area contributed by atoms with Crippen LogP contribution in [0, 0.1) is 5.92 Å². The normalized spacial score (nSPS) is 13.1. The van der Waals surface area contributed by atoms with Crippen LogP contribution in [-0.4, -0.2) is 30.8 Å². The Hall–Kier alpha value is -1.64. The van der Waals surface area contributed by atoms with Gasteiger partial charge in [0.25, 0.3) is 5.91 Å². The number of amides is 1. The first-order chi connectivity index (χ1) is 11.1. The van der Waals surface area contributed by atoms with E-state index in [1.807, 2.05) is 13.8 Å². The quantitative estimate of drug-likeness (QED) is 0.840. The van der Waals surface area contributed by atoms with Crippen LogP contribution in [0.5, 0.6) is 0 Å². The third kappa shape index (κ3) is 4.25. The minimum Gasteiger partial charge on any atom is -0.410 e. The SMILES string of the molecule is CC(C)[C@H](NC(=O)c1ccc(Cl)c(Cl)c1)c1nnc(S(C)(=O)=O)o1. The highest BCUT2D eigenvalue weighted by atomic mass is 35.5. The molecule has 130 valence electrons. The van der Waals surface area contributed by atoms with E-state index in [0.29, 0.717) is 10.6 Å². The smallest absolute Gasteiger partial charge is 0.335 e. The molecular formula is C14H15Cl2N3O4S. The summed E-state index contributed by atoms with van der Waals surface area (Å²) in [4.78, 5) is 12.4. The summed E-state index contributed by atoms with van der Waals surface area (Å²) in [5.74, 6) is -0.533. The monoisotopic (exact) mass is 391 g/mol. The van der Waals surface area contributed by atoms with Crippen LogP contribution in [-0.2, 0) is 9.84 Å². The van der Waals surface area contributed by atoms with E-state index in [-0.39, 0.29) is 16.8 Å². The zero-order valence-corrected chi connectivity index (χ0v) is 15.4. The van der Waals surface area contributed by atoms with Crippen LogP contribution in [0.25, 0.3) is 0 Å². The fraction of sp³-hybridized carbons (Fsp3) is 0.357. The van der Waals surface area contributed by atoms with E-state index in [9.17, 15) is 13.2 Å². The highest BCUT2D eigenvalue weighted by molar-refractivity contribution is 7.90. The second-order valence-electron chi connectivity index (χ2n) is 5.50. The Kier molecular flexibility index (Phi) is 5.52. The predicted octanol–water partition coefficient (Wildman–Crippen LogP) is 2.91. The zero-order valence-electron chi connectivity index (χ0n) is 13.1. The molecule has 1 N–H and O–H groups in total. The lowest BCUT2D eigenvalue weighted by Gasteiger charge is -2.18. The van der Waals surface area contributed by atoms with Crippen molar-refractivity contribution >= 4 is 38.9 Å². The Morgan fingerprint density at radius 2 is 1.88 bits per heavy atom. The molecule has 10 heteroatoms.